The Hall–Kier alpha value is -4.24. The van der Waals surface area contributed by atoms with Crippen LogP contribution in [0.4, 0.5) is 0 Å². The molecule has 14 nitrogen and oxygen atoms in total. The molecule has 2 aromatic heterocycles. The maximum Gasteiger partial charge on any atom is 0.263 e. The molecule has 6 rings (SSSR count). The number of nitrogens with zero attached hydrogens (tertiary/aromatic N) is 6. The van der Waals surface area contributed by atoms with Gasteiger partial charge in [0.25, 0.3) is 11.5 Å². The second-order valence-electron chi connectivity index (χ2n) is 10.6. The van der Waals surface area contributed by atoms with Crippen molar-refractivity contribution in [3.8, 4) is 11.5 Å². The number of hydrogen-bond donors (Lipinski definition) is 1. The predicted molar refractivity (Wildman–Crippen MR) is 148 cm³/mol. The lowest BCUT2D eigenvalue weighted by molar-refractivity contribution is -0.122. The third-order valence-corrected chi connectivity index (χ3v) is 9.60. The molecular formula is C27H31N7O7S. The highest BCUT2D eigenvalue weighted by atomic mass is 32.2. The molecular weight excluding hydrogens is 566 g/mol. The minimum atomic E-state index is -3.95. The van der Waals surface area contributed by atoms with Crippen LogP contribution in [0, 0.1) is 5.92 Å². The second-order valence-corrected chi connectivity index (χ2v) is 12.6. The first kappa shape index (κ1) is 27.9. The van der Waals surface area contributed by atoms with Crippen molar-refractivity contribution >= 4 is 21.8 Å². The van der Waals surface area contributed by atoms with Gasteiger partial charge in [-0.25, -0.2) is 13.1 Å². The van der Waals surface area contributed by atoms with E-state index in [2.05, 4.69) is 15.6 Å². The SMILES string of the molecule is CN1CCNC(=O)C[C@H]2CN(S(=O)(=O)c3ccc4c(c3)OCCCO4)C[C@H]2n2cc(nn2)Cn2cccc(c2=O)C1=O. The van der Waals surface area contributed by atoms with Crippen molar-refractivity contribution in [3.63, 3.8) is 0 Å². The van der Waals surface area contributed by atoms with Crippen molar-refractivity contribution in [1.82, 2.24) is 34.1 Å². The average Bonchev–Trinajstić information content (AvgIpc) is 3.53. The van der Waals surface area contributed by atoms with Crippen molar-refractivity contribution in [2.24, 2.45) is 5.92 Å². The van der Waals surface area contributed by atoms with Gasteiger partial charge in [0, 0.05) is 64.2 Å². The fourth-order valence-electron chi connectivity index (χ4n) is 5.49. The number of pyridine rings is 1. The molecule has 0 aliphatic carbocycles. The fraction of sp³-hybridized carbons (Fsp3) is 0.444. The molecule has 2 amide bonds. The summed E-state index contributed by atoms with van der Waals surface area (Å²) in [7, 11) is -2.39. The van der Waals surface area contributed by atoms with Gasteiger partial charge in [-0.15, -0.1) is 5.10 Å². The van der Waals surface area contributed by atoms with Gasteiger partial charge in [0.2, 0.25) is 15.9 Å². The molecule has 3 aromatic rings. The number of amides is 2. The number of rotatable bonds is 2. The van der Waals surface area contributed by atoms with Crippen LogP contribution in [0.5, 0.6) is 11.5 Å². The maximum absolute atomic E-state index is 13.8. The van der Waals surface area contributed by atoms with Crippen LogP contribution >= 0.6 is 0 Å². The van der Waals surface area contributed by atoms with E-state index < -0.39 is 33.4 Å². The quantitative estimate of drug-likeness (QED) is 0.433. The minimum absolute atomic E-state index is 0.0114. The monoisotopic (exact) mass is 597 g/mol. The molecule has 42 heavy (non-hydrogen) atoms. The van der Waals surface area contributed by atoms with Gasteiger partial charge in [-0.05, 0) is 24.3 Å². The Bertz CT molecular complexity index is 1690. The summed E-state index contributed by atoms with van der Waals surface area (Å²) in [6, 6.07) is 7.18. The molecule has 1 fully saturated rings. The number of hydrogen-bond acceptors (Lipinski definition) is 9. The van der Waals surface area contributed by atoms with Gasteiger partial charge in [-0.2, -0.15) is 4.31 Å². The first-order valence-electron chi connectivity index (χ1n) is 13.7. The zero-order valence-corrected chi connectivity index (χ0v) is 23.8. The van der Waals surface area contributed by atoms with Gasteiger partial charge in [-0.1, -0.05) is 5.21 Å². The normalized spacial score (nSPS) is 21.9. The minimum Gasteiger partial charge on any atom is -0.490 e. The summed E-state index contributed by atoms with van der Waals surface area (Å²) < 4.78 is 43.2. The van der Waals surface area contributed by atoms with Crippen molar-refractivity contribution in [2.45, 2.75) is 30.3 Å². The van der Waals surface area contributed by atoms with Crippen LogP contribution in [0.3, 0.4) is 0 Å². The third-order valence-electron chi connectivity index (χ3n) is 7.77. The van der Waals surface area contributed by atoms with Crippen molar-refractivity contribution in [1.29, 1.82) is 0 Å². The van der Waals surface area contributed by atoms with Crippen LogP contribution < -0.4 is 20.3 Å². The lowest BCUT2D eigenvalue weighted by Gasteiger charge is -2.20. The summed E-state index contributed by atoms with van der Waals surface area (Å²) in [4.78, 5) is 40.4. The van der Waals surface area contributed by atoms with Gasteiger partial charge < -0.3 is 24.3 Å². The van der Waals surface area contributed by atoms with Crippen LogP contribution in [0.1, 0.15) is 34.9 Å². The first-order chi connectivity index (χ1) is 20.2. The summed E-state index contributed by atoms with van der Waals surface area (Å²) in [5, 5.41) is 11.3. The van der Waals surface area contributed by atoms with Crippen molar-refractivity contribution in [3.05, 3.63) is 64.3 Å². The van der Waals surface area contributed by atoms with E-state index in [0.717, 1.165) is 0 Å². The molecule has 5 heterocycles. The van der Waals surface area contributed by atoms with E-state index >= 15 is 0 Å². The Kier molecular flexibility index (Phi) is 7.45. The van der Waals surface area contributed by atoms with E-state index in [1.807, 2.05) is 0 Å². The summed E-state index contributed by atoms with van der Waals surface area (Å²) in [6.45, 7) is 1.51. The maximum atomic E-state index is 13.8. The Morgan fingerprint density at radius 1 is 1.05 bits per heavy atom. The molecule has 4 bridgehead atoms. The Labute approximate surface area is 241 Å². The molecule has 0 saturated carbocycles. The zero-order chi connectivity index (χ0) is 29.4. The average molecular weight is 598 g/mol. The Morgan fingerprint density at radius 2 is 1.86 bits per heavy atom. The van der Waals surface area contributed by atoms with E-state index in [1.54, 1.807) is 36.3 Å². The summed E-state index contributed by atoms with van der Waals surface area (Å²) in [6.07, 6.45) is 3.96. The fourth-order valence-corrected chi connectivity index (χ4v) is 7.02. The van der Waals surface area contributed by atoms with Crippen LogP contribution in [0.25, 0.3) is 0 Å². The van der Waals surface area contributed by atoms with Crippen LogP contribution in [-0.4, -0.2) is 95.4 Å². The lowest BCUT2D eigenvalue weighted by Crippen LogP contribution is -2.39. The number of likely N-dealkylation sites (N-methyl/N-ethyl adjacent to an activating group) is 1. The highest BCUT2D eigenvalue weighted by Gasteiger charge is 2.42. The lowest BCUT2D eigenvalue weighted by atomic mass is 9.99. The number of carbonyl (C=O) groups is 2. The molecule has 0 unspecified atom stereocenters. The summed E-state index contributed by atoms with van der Waals surface area (Å²) >= 11 is 0. The molecule has 3 aliphatic heterocycles. The Balaban J connectivity index is 1.31. The second kappa shape index (κ2) is 11.2. The van der Waals surface area contributed by atoms with E-state index in [9.17, 15) is 22.8 Å². The molecule has 1 N–H and O–H groups in total. The van der Waals surface area contributed by atoms with Crippen LogP contribution in [0.15, 0.2) is 52.4 Å². The van der Waals surface area contributed by atoms with Gasteiger partial charge >= 0.3 is 0 Å². The molecule has 1 aromatic carbocycles. The Morgan fingerprint density at radius 3 is 2.69 bits per heavy atom. The van der Waals surface area contributed by atoms with E-state index in [4.69, 9.17) is 9.47 Å². The van der Waals surface area contributed by atoms with Gasteiger partial charge in [0.1, 0.15) is 11.3 Å². The van der Waals surface area contributed by atoms with Crippen molar-refractivity contribution in [2.75, 3.05) is 46.4 Å². The van der Waals surface area contributed by atoms with E-state index in [0.29, 0.717) is 36.8 Å². The summed E-state index contributed by atoms with van der Waals surface area (Å²) in [5.41, 5.74) is -0.00184. The third kappa shape index (κ3) is 5.36. The molecule has 0 radical (unpaired) electrons. The van der Waals surface area contributed by atoms with E-state index in [-0.39, 0.29) is 55.5 Å². The van der Waals surface area contributed by atoms with Crippen LogP contribution in [0.2, 0.25) is 0 Å². The molecule has 2 atom stereocenters. The standard InChI is InChI=1S/C27H31N7O7S/c1-31-9-7-28-25(35)12-18-14-33(42(38,39)20-5-6-23-24(13-20)41-11-3-10-40-23)17-22(18)34-16-19(29-30-34)15-32-8-2-4-21(26(31)36)27(32)37/h2,4-6,8,13,16,18,22H,3,7,9-12,14-15,17H2,1H3,(H,28,35)/t18-,22+/m0/s1. The number of sulfonamides is 1. The van der Waals surface area contributed by atoms with Gasteiger partial charge in [-0.3, -0.25) is 14.4 Å². The first-order valence-corrected chi connectivity index (χ1v) is 15.2. The number of benzene rings is 1. The number of ether oxygens (including phenoxy) is 2. The van der Waals surface area contributed by atoms with E-state index in [1.165, 1.54) is 32.0 Å². The predicted octanol–water partition coefficient (Wildman–Crippen LogP) is 0.103. The zero-order valence-electron chi connectivity index (χ0n) is 23.0. The van der Waals surface area contributed by atoms with Crippen molar-refractivity contribution < 1.29 is 27.5 Å². The number of fused-ring (bicyclic) bond motifs is 7. The molecule has 0 spiro atoms. The molecule has 15 heteroatoms. The molecule has 3 aliphatic rings. The van der Waals surface area contributed by atoms with Gasteiger partial charge in [0.05, 0.1) is 36.9 Å². The highest BCUT2D eigenvalue weighted by Crippen LogP contribution is 2.37. The smallest absolute Gasteiger partial charge is 0.263 e. The number of aromatic nitrogens is 4. The summed E-state index contributed by atoms with van der Waals surface area (Å²) in [5.74, 6) is -0.272. The van der Waals surface area contributed by atoms with Crippen LogP contribution in [-0.2, 0) is 21.4 Å². The molecule has 1 saturated heterocycles. The number of nitrogens with one attached hydrogen (secondary N) is 1. The largest absolute Gasteiger partial charge is 0.490 e. The topological polar surface area (TPSA) is 158 Å². The number of carbonyl (C=O) groups excluding carboxylic acids is 2. The van der Waals surface area contributed by atoms with Gasteiger partial charge in [0.15, 0.2) is 11.5 Å². The molecule has 222 valence electrons. The highest BCUT2D eigenvalue weighted by molar-refractivity contribution is 7.89.